The van der Waals surface area contributed by atoms with Crippen LogP contribution in [-0.4, -0.2) is 44.6 Å². The lowest BCUT2D eigenvalue weighted by molar-refractivity contribution is 0.0933. The smallest absolute Gasteiger partial charge is 0.266 e. The predicted octanol–water partition coefficient (Wildman–Crippen LogP) is 3.38. The van der Waals surface area contributed by atoms with Crippen molar-refractivity contribution in [2.24, 2.45) is 0 Å². The van der Waals surface area contributed by atoms with Gasteiger partial charge in [0.1, 0.15) is 5.82 Å². The Bertz CT molecular complexity index is 1490. The van der Waals surface area contributed by atoms with Crippen LogP contribution in [0, 0.1) is 10.6 Å². The lowest BCUT2D eigenvalue weighted by Gasteiger charge is -2.33. The summed E-state index contributed by atoms with van der Waals surface area (Å²) in [5.41, 5.74) is 0.427. The first-order valence-electron chi connectivity index (χ1n) is 10.9. The first-order valence-corrected chi connectivity index (χ1v) is 11.3. The van der Waals surface area contributed by atoms with Gasteiger partial charge in [0, 0.05) is 37.1 Å². The highest BCUT2D eigenvalue weighted by molar-refractivity contribution is 7.71. The van der Waals surface area contributed by atoms with Gasteiger partial charge in [0.25, 0.3) is 11.5 Å². The first kappa shape index (κ1) is 21.9. The normalized spacial score (nSPS) is 15.9. The molecule has 0 spiro atoms. The van der Waals surface area contributed by atoms with Gasteiger partial charge < -0.3 is 15.2 Å². The van der Waals surface area contributed by atoms with E-state index in [9.17, 15) is 14.0 Å². The number of amides is 1. The standard InChI is InChI=1S/C24H21FN6O2S/c25-18-6-1-2-7-20(18)31-22(33)17-9-8-15(13-19(17)29-24(31)34)21(32)28-16-5-3-12-30(14-16)23-26-10-4-11-27-23/h1-2,4,6-11,13,16H,3,5,12,14H2,(H,28,32)(H,29,34). The number of carbonyl (C=O) groups excluding carboxylic acids is 1. The molecule has 2 aromatic carbocycles. The molecule has 172 valence electrons. The van der Waals surface area contributed by atoms with Crippen LogP contribution in [0.4, 0.5) is 10.3 Å². The molecule has 1 unspecified atom stereocenters. The van der Waals surface area contributed by atoms with E-state index < -0.39 is 11.4 Å². The van der Waals surface area contributed by atoms with Crippen LogP contribution in [0.5, 0.6) is 0 Å². The monoisotopic (exact) mass is 476 g/mol. The molecule has 1 aliphatic heterocycles. The van der Waals surface area contributed by atoms with Crippen LogP contribution in [0.1, 0.15) is 23.2 Å². The molecule has 0 bridgehead atoms. The van der Waals surface area contributed by atoms with Crippen LogP contribution in [0.3, 0.4) is 0 Å². The molecule has 0 aliphatic carbocycles. The largest absolute Gasteiger partial charge is 0.348 e. The number of H-pyrrole nitrogens is 1. The number of nitrogens with one attached hydrogen (secondary N) is 2. The molecular weight excluding hydrogens is 455 g/mol. The quantitative estimate of drug-likeness (QED) is 0.439. The molecule has 2 aromatic heterocycles. The second kappa shape index (κ2) is 9.14. The average molecular weight is 477 g/mol. The predicted molar refractivity (Wildman–Crippen MR) is 129 cm³/mol. The molecule has 1 atom stereocenters. The number of halogens is 1. The molecule has 5 rings (SSSR count). The molecule has 3 heterocycles. The zero-order valence-corrected chi connectivity index (χ0v) is 18.9. The number of anilines is 1. The van der Waals surface area contributed by atoms with Gasteiger partial charge in [-0.05, 0) is 61.5 Å². The zero-order valence-electron chi connectivity index (χ0n) is 18.1. The van der Waals surface area contributed by atoms with Gasteiger partial charge in [0.15, 0.2) is 4.77 Å². The summed E-state index contributed by atoms with van der Waals surface area (Å²) >= 11 is 5.33. The summed E-state index contributed by atoms with van der Waals surface area (Å²) in [7, 11) is 0. The summed E-state index contributed by atoms with van der Waals surface area (Å²) in [5.74, 6) is -0.159. The third-order valence-corrected chi connectivity index (χ3v) is 6.13. The van der Waals surface area contributed by atoms with Crippen LogP contribution in [-0.2, 0) is 0 Å². The van der Waals surface area contributed by atoms with E-state index >= 15 is 0 Å². The molecule has 1 fully saturated rings. The van der Waals surface area contributed by atoms with Gasteiger partial charge in [0.2, 0.25) is 5.95 Å². The maximum absolute atomic E-state index is 14.3. The van der Waals surface area contributed by atoms with Gasteiger partial charge in [-0.2, -0.15) is 0 Å². The lowest BCUT2D eigenvalue weighted by atomic mass is 10.0. The van der Waals surface area contributed by atoms with E-state index in [2.05, 4.69) is 25.2 Å². The molecule has 10 heteroatoms. The SMILES string of the molecule is O=C(NC1CCCN(c2ncccn2)C1)c1ccc2c(=O)n(-c3ccccc3F)c(=S)[nH]c2c1. The topological polar surface area (TPSA) is 95.9 Å². The molecule has 8 nitrogen and oxygen atoms in total. The molecule has 4 aromatic rings. The van der Waals surface area contributed by atoms with Crippen LogP contribution < -0.4 is 15.8 Å². The molecule has 0 radical (unpaired) electrons. The average Bonchev–Trinajstić information content (AvgIpc) is 2.85. The number of carbonyl (C=O) groups is 1. The number of aromatic amines is 1. The molecule has 1 amide bonds. The molecule has 1 saturated heterocycles. The number of hydrogen-bond donors (Lipinski definition) is 2. The Hall–Kier alpha value is -3.92. The fourth-order valence-corrected chi connectivity index (χ4v) is 4.50. The highest BCUT2D eigenvalue weighted by Crippen LogP contribution is 2.18. The van der Waals surface area contributed by atoms with Crippen molar-refractivity contribution < 1.29 is 9.18 Å². The summed E-state index contributed by atoms with van der Waals surface area (Å²) in [6, 6.07) is 12.4. The van der Waals surface area contributed by atoms with Crippen LogP contribution in [0.2, 0.25) is 0 Å². The molecule has 2 N–H and O–H groups in total. The van der Waals surface area contributed by atoms with Crippen molar-refractivity contribution in [3.05, 3.63) is 87.4 Å². The van der Waals surface area contributed by atoms with Gasteiger partial charge in [0.05, 0.1) is 16.6 Å². The van der Waals surface area contributed by atoms with E-state index in [1.54, 1.807) is 48.8 Å². The maximum atomic E-state index is 14.3. The zero-order chi connectivity index (χ0) is 23.7. The summed E-state index contributed by atoms with van der Waals surface area (Å²) < 4.78 is 15.4. The minimum Gasteiger partial charge on any atom is -0.348 e. The number of rotatable bonds is 4. The minimum atomic E-state index is -0.554. The van der Waals surface area contributed by atoms with Crippen molar-refractivity contribution in [3.63, 3.8) is 0 Å². The van der Waals surface area contributed by atoms with Crippen molar-refractivity contribution in [1.82, 2.24) is 24.8 Å². The molecule has 34 heavy (non-hydrogen) atoms. The van der Waals surface area contributed by atoms with E-state index in [-0.39, 0.29) is 22.4 Å². The number of hydrogen-bond acceptors (Lipinski definition) is 6. The first-order chi connectivity index (χ1) is 16.5. The van der Waals surface area contributed by atoms with Gasteiger partial charge in [-0.3, -0.25) is 9.59 Å². The van der Waals surface area contributed by atoms with Crippen LogP contribution >= 0.6 is 12.2 Å². The van der Waals surface area contributed by atoms with Crippen molar-refractivity contribution >= 4 is 35.0 Å². The molecule has 1 aliphatic rings. The van der Waals surface area contributed by atoms with Crippen molar-refractivity contribution in [1.29, 1.82) is 0 Å². The van der Waals surface area contributed by atoms with E-state index in [0.29, 0.717) is 29.0 Å². The third kappa shape index (κ3) is 4.19. The Kier molecular flexibility index (Phi) is 5.89. The Morgan fingerprint density at radius 3 is 2.74 bits per heavy atom. The summed E-state index contributed by atoms with van der Waals surface area (Å²) in [6.45, 7) is 1.44. The third-order valence-electron chi connectivity index (χ3n) is 5.84. The van der Waals surface area contributed by atoms with E-state index in [1.807, 2.05) is 0 Å². The van der Waals surface area contributed by atoms with Crippen molar-refractivity contribution in [2.75, 3.05) is 18.0 Å². The Morgan fingerprint density at radius 1 is 1.15 bits per heavy atom. The Labute approximate surface area is 199 Å². The number of nitrogens with zero attached hydrogens (tertiary/aromatic N) is 4. The maximum Gasteiger partial charge on any atom is 0.266 e. The van der Waals surface area contributed by atoms with Crippen molar-refractivity contribution in [2.45, 2.75) is 18.9 Å². The van der Waals surface area contributed by atoms with Gasteiger partial charge >= 0.3 is 0 Å². The lowest BCUT2D eigenvalue weighted by Crippen LogP contribution is -2.48. The highest BCUT2D eigenvalue weighted by atomic mass is 32.1. The summed E-state index contributed by atoms with van der Waals surface area (Å²) in [6.07, 6.45) is 5.15. The second-order valence-electron chi connectivity index (χ2n) is 8.09. The number of fused-ring (bicyclic) bond motifs is 1. The van der Waals surface area contributed by atoms with Crippen molar-refractivity contribution in [3.8, 4) is 5.69 Å². The second-order valence-corrected chi connectivity index (χ2v) is 8.48. The number of benzene rings is 2. The number of para-hydroxylation sites is 1. The van der Waals surface area contributed by atoms with E-state index in [1.165, 1.54) is 12.1 Å². The Morgan fingerprint density at radius 2 is 1.94 bits per heavy atom. The number of aromatic nitrogens is 4. The highest BCUT2D eigenvalue weighted by Gasteiger charge is 2.23. The Balaban J connectivity index is 1.40. The van der Waals surface area contributed by atoms with Crippen LogP contribution in [0.25, 0.3) is 16.6 Å². The minimum absolute atomic E-state index is 0.0472. The molecular formula is C24H21FN6O2S. The summed E-state index contributed by atoms with van der Waals surface area (Å²) in [4.78, 5) is 39.6. The van der Waals surface area contributed by atoms with Gasteiger partial charge in [-0.15, -0.1) is 0 Å². The van der Waals surface area contributed by atoms with E-state index in [0.717, 1.165) is 24.0 Å². The van der Waals surface area contributed by atoms with Crippen LogP contribution in [0.15, 0.2) is 65.7 Å². The fourth-order valence-electron chi connectivity index (χ4n) is 4.21. The van der Waals surface area contributed by atoms with Gasteiger partial charge in [-0.25, -0.2) is 18.9 Å². The molecule has 0 saturated carbocycles. The van der Waals surface area contributed by atoms with Gasteiger partial charge in [-0.1, -0.05) is 12.1 Å². The fraction of sp³-hybridized carbons (Fsp3) is 0.208. The van der Waals surface area contributed by atoms with E-state index in [4.69, 9.17) is 12.2 Å². The number of piperidine rings is 1. The summed E-state index contributed by atoms with van der Waals surface area (Å²) in [5, 5.41) is 3.37.